The first-order valence-electron chi connectivity index (χ1n) is 7.75. The van der Waals surface area contributed by atoms with Crippen LogP contribution in [-0.4, -0.2) is 35.5 Å². The molecule has 0 spiro atoms. The summed E-state index contributed by atoms with van der Waals surface area (Å²) in [6, 6.07) is 5.73. The molecule has 25 heavy (non-hydrogen) atoms. The van der Waals surface area contributed by atoms with Gasteiger partial charge in [-0.1, -0.05) is 12.1 Å². The Morgan fingerprint density at radius 2 is 2.04 bits per heavy atom. The van der Waals surface area contributed by atoms with Crippen molar-refractivity contribution in [2.75, 3.05) is 18.9 Å². The molecule has 1 aliphatic rings. The van der Waals surface area contributed by atoms with Crippen LogP contribution in [0.15, 0.2) is 30.3 Å². The van der Waals surface area contributed by atoms with Crippen molar-refractivity contribution in [3.63, 3.8) is 0 Å². The topological polar surface area (TPSA) is 69.6 Å². The Balaban J connectivity index is 1.79. The van der Waals surface area contributed by atoms with Crippen LogP contribution in [0.25, 0.3) is 6.08 Å². The van der Waals surface area contributed by atoms with E-state index in [1.54, 1.807) is 18.2 Å². The number of halogens is 1. The van der Waals surface area contributed by atoms with E-state index in [-0.39, 0.29) is 11.4 Å². The maximum atomic E-state index is 12.9. The van der Waals surface area contributed by atoms with Gasteiger partial charge in [0.25, 0.3) is 0 Å². The third kappa shape index (κ3) is 3.94. The number of amides is 1. The summed E-state index contributed by atoms with van der Waals surface area (Å²) in [5.74, 6) is -1.79. The summed E-state index contributed by atoms with van der Waals surface area (Å²) in [7, 11) is 1.98. The number of rotatable bonds is 4. The van der Waals surface area contributed by atoms with Gasteiger partial charge in [-0.15, -0.1) is 11.3 Å². The average Bonchev–Trinajstić information content (AvgIpc) is 2.91. The van der Waals surface area contributed by atoms with Crippen LogP contribution in [0.3, 0.4) is 0 Å². The number of nitrogens with zero attached hydrogens (tertiary/aromatic N) is 1. The van der Waals surface area contributed by atoms with Gasteiger partial charge in [-0.2, -0.15) is 0 Å². The molecule has 5 nitrogen and oxygen atoms in total. The number of fused-ring (bicyclic) bond motifs is 1. The van der Waals surface area contributed by atoms with E-state index in [9.17, 15) is 19.1 Å². The number of carbonyl (C=O) groups excluding carboxylic acids is 1. The summed E-state index contributed by atoms with van der Waals surface area (Å²) in [6.45, 7) is 1.48. The van der Waals surface area contributed by atoms with Gasteiger partial charge in [0.05, 0.1) is 5.56 Å². The average molecular weight is 360 g/mol. The summed E-state index contributed by atoms with van der Waals surface area (Å²) in [5, 5.41) is 12.5. The molecule has 0 aliphatic carbocycles. The van der Waals surface area contributed by atoms with Crippen LogP contribution in [-0.2, 0) is 17.8 Å². The Hall–Kier alpha value is -2.51. The Bertz CT molecular complexity index is 843. The maximum absolute atomic E-state index is 12.9. The fourth-order valence-electron chi connectivity index (χ4n) is 2.74. The van der Waals surface area contributed by atoms with Crippen molar-refractivity contribution in [3.8, 4) is 0 Å². The molecule has 2 aromatic rings. The predicted octanol–water partition coefficient (Wildman–Crippen LogP) is 3.23. The Kier molecular flexibility index (Phi) is 4.96. The standard InChI is InChI=1S/C18H17FN2O3S/c1-21-9-8-13-14(10-21)25-17(16(13)18(23)24)20-15(22)7-4-11-2-5-12(19)6-3-11/h2-7H,8-10H2,1H3,(H,20,22)(H,23,24)/b7-4+. The minimum Gasteiger partial charge on any atom is -0.478 e. The van der Waals surface area contributed by atoms with Crippen molar-refractivity contribution in [2.45, 2.75) is 13.0 Å². The van der Waals surface area contributed by atoms with E-state index in [1.165, 1.54) is 29.5 Å². The molecular formula is C18H17FN2O3S. The smallest absolute Gasteiger partial charge is 0.339 e. The summed E-state index contributed by atoms with van der Waals surface area (Å²) in [5.41, 5.74) is 1.69. The predicted molar refractivity (Wildman–Crippen MR) is 95.4 cm³/mol. The molecule has 130 valence electrons. The number of benzene rings is 1. The minimum absolute atomic E-state index is 0.191. The quantitative estimate of drug-likeness (QED) is 0.822. The summed E-state index contributed by atoms with van der Waals surface area (Å²) < 4.78 is 12.9. The van der Waals surface area contributed by atoms with Gasteiger partial charge < -0.3 is 15.3 Å². The second kappa shape index (κ2) is 7.16. The first kappa shape index (κ1) is 17.3. The molecule has 2 N–H and O–H groups in total. The number of carboxylic acid groups (broad SMARTS) is 1. The molecule has 0 radical (unpaired) electrons. The van der Waals surface area contributed by atoms with Crippen molar-refractivity contribution in [2.24, 2.45) is 0 Å². The fraction of sp³-hybridized carbons (Fsp3) is 0.222. The van der Waals surface area contributed by atoms with E-state index in [0.717, 1.165) is 17.0 Å². The lowest BCUT2D eigenvalue weighted by Crippen LogP contribution is -2.26. The second-order valence-corrected chi connectivity index (χ2v) is 6.98. The van der Waals surface area contributed by atoms with E-state index in [0.29, 0.717) is 23.5 Å². The number of hydrogen-bond acceptors (Lipinski definition) is 4. The third-order valence-corrected chi connectivity index (χ3v) is 5.13. The lowest BCUT2D eigenvalue weighted by molar-refractivity contribution is -0.111. The molecule has 0 fully saturated rings. The van der Waals surface area contributed by atoms with Crippen LogP contribution in [0, 0.1) is 5.82 Å². The summed E-state index contributed by atoms with van der Waals surface area (Å²) in [6.07, 6.45) is 3.52. The summed E-state index contributed by atoms with van der Waals surface area (Å²) >= 11 is 1.31. The van der Waals surface area contributed by atoms with Crippen molar-refractivity contribution in [1.82, 2.24) is 4.90 Å². The van der Waals surface area contributed by atoms with Crippen LogP contribution < -0.4 is 5.32 Å². The first-order chi connectivity index (χ1) is 11.9. The van der Waals surface area contributed by atoms with Gasteiger partial charge in [0.1, 0.15) is 10.8 Å². The highest BCUT2D eigenvalue weighted by atomic mass is 32.1. The number of anilines is 1. The number of carboxylic acids is 1. The zero-order valence-electron chi connectivity index (χ0n) is 13.6. The van der Waals surface area contributed by atoms with E-state index >= 15 is 0 Å². The van der Waals surface area contributed by atoms with Gasteiger partial charge in [0.2, 0.25) is 5.91 Å². The van der Waals surface area contributed by atoms with Gasteiger partial charge >= 0.3 is 5.97 Å². The molecular weight excluding hydrogens is 343 g/mol. The molecule has 0 saturated heterocycles. The van der Waals surface area contributed by atoms with E-state index in [1.807, 2.05) is 7.05 Å². The molecule has 0 atom stereocenters. The van der Waals surface area contributed by atoms with Crippen molar-refractivity contribution >= 4 is 34.3 Å². The van der Waals surface area contributed by atoms with Gasteiger partial charge in [0.15, 0.2) is 0 Å². The molecule has 0 bridgehead atoms. The molecule has 1 aliphatic heterocycles. The SMILES string of the molecule is CN1CCc2c(sc(NC(=O)/C=C/c3ccc(F)cc3)c2C(=O)O)C1. The number of aromatic carboxylic acids is 1. The van der Waals surface area contributed by atoms with Gasteiger partial charge in [0, 0.05) is 24.0 Å². The zero-order chi connectivity index (χ0) is 18.0. The summed E-state index contributed by atoms with van der Waals surface area (Å²) in [4.78, 5) is 26.8. The van der Waals surface area contributed by atoms with Crippen molar-refractivity contribution in [3.05, 3.63) is 57.7 Å². The number of thiophene rings is 1. The van der Waals surface area contributed by atoms with E-state index in [2.05, 4.69) is 10.2 Å². The Morgan fingerprint density at radius 3 is 2.72 bits per heavy atom. The van der Waals surface area contributed by atoms with Crippen LogP contribution in [0.5, 0.6) is 0 Å². The monoisotopic (exact) mass is 360 g/mol. The molecule has 1 amide bonds. The number of nitrogens with one attached hydrogen (secondary N) is 1. The lowest BCUT2D eigenvalue weighted by Gasteiger charge is -2.22. The number of carbonyl (C=O) groups is 2. The van der Waals surface area contributed by atoms with E-state index in [4.69, 9.17) is 0 Å². The van der Waals surface area contributed by atoms with Crippen LogP contribution in [0.4, 0.5) is 9.39 Å². The second-order valence-electron chi connectivity index (χ2n) is 5.87. The lowest BCUT2D eigenvalue weighted by atomic mass is 10.0. The molecule has 0 unspecified atom stereocenters. The first-order valence-corrected chi connectivity index (χ1v) is 8.56. The maximum Gasteiger partial charge on any atom is 0.339 e. The van der Waals surface area contributed by atoms with Gasteiger partial charge in [-0.25, -0.2) is 9.18 Å². The zero-order valence-corrected chi connectivity index (χ0v) is 14.4. The van der Waals surface area contributed by atoms with Crippen LogP contribution in [0.2, 0.25) is 0 Å². The van der Waals surface area contributed by atoms with Gasteiger partial charge in [-0.05, 0) is 42.8 Å². The van der Waals surface area contributed by atoms with E-state index < -0.39 is 11.9 Å². The van der Waals surface area contributed by atoms with Crippen molar-refractivity contribution in [1.29, 1.82) is 0 Å². The third-order valence-electron chi connectivity index (χ3n) is 4.00. The largest absolute Gasteiger partial charge is 0.478 e. The van der Waals surface area contributed by atoms with Crippen LogP contribution in [0.1, 0.15) is 26.4 Å². The molecule has 1 aromatic carbocycles. The Labute approximate surface area is 148 Å². The highest BCUT2D eigenvalue weighted by Gasteiger charge is 2.27. The minimum atomic E-state index is -1.03. The molecule has 1 aromatic heterocycles. The number of hydrogen-bond donors (Lipinski definition) is 2. The van der Waals surface area contributed by atoms with Crippen LogP contribution >= 0.6 is 11.3 Å². The Morgan fingerprint density at radius 1 is 1.32 bits per heavy atom. The highest BCUT2D eigenvalue weighted by molar-refractivity contribution is 7.17. The van der Waals surface area contributed by atoms with Gasteiger partial charge in [-0.3, -0.25) is 4.79 Å². The molecule has 0 saturated carbocycles. The molecule has 3 rings (SSSR count). The normalized spacial score (nSPS) is 14.5. The fourth-order valence-corrected chi connectivity index (χ4v) is 4.07. The molecule has 7 heteroatoms. The molecule has 2 heterocycles. The number of likely N-dealkylation sites (N-methyl/N-ethyl adjacent to an activating group) is 1. The highest BCUT2D eigenvalue weighted by Crippen LogP contribution is 2.36. The van der Waals surface area contributed by atoms with Crippen molar-refractivity contribution < 1.29 is 19.1 Å².